The zero-order valence-electron chi connectivity index (χ0n) is 26.3. The Balaban J connectivity index is 1.79. The number of hydrogen-bond acceptors (Lipinski definition) is 9. The predicted molar refractivity (Wildman–Crippen MR) is 168 cm³/mol. The van der Waals surface area contributed by atoms with Crippen LogP contribution >= 0.6 is 0 Å². The second-order valence-electron chi connectivity index (χ2n) is 11.4. The molecule has 0 saturated carbocycles. The van der Waals surface area contributed by atoms with Gasteiger partial charge in [-0.2, -0.15) is 0 Å². The van der Waals surface area contributed by atoms with E-state index in [1.54, 1.807) is 31.2 Å². The van der Waals surface area contributed by atoms with Gasteiger partial charge in [-0.05, 0) is 55.9 Å². The number of Topliss-reactive ketones (excluding diaryl/α,β-unsaturated/α-hetero) is 2. The van der Waals surface area contributed by atoms with E-state index >= 15 is 0 Å². The van der Waals surface area contributed by atoms with E-state index in [0.29, 0.717) is 18.5 Å². The zero-order chi connectivity index (χ0) is 34.4. The van der Waals surface area contributed by atoms with Crippen LogP contribution in [0.3, 0.4) is 0 Å². The first-order valence-corrected chi connectivity index (χ1v) is 15.0. The normalized spacial score (nSPS) is 18.5. The van der Waals surface area contributed by atoms with Crippen LogP contribution in [0.2, 0.25) is 0 Å². The minimum absolute atomic E-state index is 0.0658. The number of carboxylic acid groups (broad SMARTS) is 1. The fourth-order valence-electron chi connectivity index (χ4n) is 4.89. The molecule has 5 unspecified atom stereocenters. The standard InChI is InChI=1S/C31H44N6O9/c1-17(13-24(41)29-28(35-19(3)39)23(37-31(32)33)15-25(46-29)30(44)45)16-34-26(42)5-4-6-27(43)36-21-10-7-20(8-11-21)9-12-22(40)14-18(2)38/h7-8,10-11,15,17,23-24,28-29,41H,4-6,9,12-14,16H2,1-3H3,(H,34,42)(H,35,39)(H,36,43)(H,44,45)(H4,32,33,37). The Labute approximate surface area is 267 Å². The summed E-state index contributed by atoms with van der Waals surface area (Å²) in [5.41, 5.74) is 12.5. The van der Waals surface area contributed by atoms with E-state index in [4.69, 9.17) is 16.2 Å². The Hall–Kier alpha value is -4.79. The van der Waals surface area contributed by atoms with Crippen molar-refractivity contribution in [3.63, 3.8) is 0 Å². The Bertz CT molecular complexity index is 1320. The molecule has 9 N–H and O–H groups in total. The Kier molecular flexibility index (Phi) is 14.8. The number of aliphatic carboxylic acids is 1. The van der Waals surface area contributed by atoms with Crippen molar-refractivity contribution in [1.29, 1.82) is 0 Å². The van der Waals surface area contributed by atoms with Crippen LogP contribution in [0.15, 0.2) is 41.1 Å². The number of ketones is 2. The van der Waals surface area contributed by atoms with Crippen LogP contribution in [-0.4, -0.2) is 82.3 Å². The molecule has 2 rings (SSSR count). The lowest BCUT2D eigenvalue weighted by Crippen LogP contribution is -2.57. The van der Waals surface area contributed by atoms with Crippen molar-refractivity contribution in [1.82, 2.24) is 10.6 Å². The summed E-state index contributed by atoms with van der Waals surface area (Å²) >= 11 is 0. The number of carbonyl (C=O) groups is 6. The fourth-order valence-corrected chi connectivity index (χ4v) is 4.89. The average molecular weight is 645 g/mol. The van der Waals surface area contributed by atoms with Crippen LogP contribution in [0.4, 0.5) is 5.69 Å². The average Bonchev–Trinajstić information content (AvgIpc) is 2.95. The number of rotatable bonds is 18. The van der Waals surface area contributed by atoms with E-state index in [1.807, 2.05) is 0 Å². The van der Waals surface area contributed by atoms with Crippen molar-refractivity contribution in [3.05, 3.63) is 41.7 Å². The molecule has 1 aliphatic heterocycles. The van der Waals surface area contributed by atoms with Crippen molar-refractivity contribution in [3.8, 4) is 0 Å². The summed E-state index contributed by atoms with van der Waals surface area (Å²) in [5, 5.41) is 28.6. The molecule has 5 atom stereocenters. The lowest BCUT2D eigenvalue weighted by molar-refractivity contribution is -0.141. The minimum Gasteiger partial charge on any atom is -0.478 e. The number of aliphatic hydroxyl groups excluding tert-OH is 1. The number of guanidine groups is 1. The fraction of sp³-hybridized carbons (Fsp3) is 0.516. The van der Waals surface area contributed by atoms with Crippen LogP contribution in [0, 0.1) is 5.92 Å². The van der Waals surface area contributed by atoms with Crippen LogP contribution in [0.5, 0.6) is 0 Å². The van der Waals surface area contributed by atoms with Gasteiger partial charge in [0.05, 0.1) is 24.6 Å². The van der Waals surface area contributed by atoms with E-state index in [-0.39, 0.29) is 73.9 Å². The highest BCUT2D eigenvalue weighted by molar-refractivity contribution is 5.98. The third kappa shape index (κ3) is 13.5. The molecular weight excluding hydrogens is 600 g/mol. The van der Waals surface area contributed by atoms with E-state index < -0.39 is 41.9 Å². The summed E-state index contributed by atoms with van der Waals surface area (Å²) in [5.74, 6) is -3.77. The molecule has 1 aromatic carbocycles. The number of carbonyl (C=O) groups excluding carboxylic acids is 5. The van der Waals surface area contributed by atoms with Gasteiger partial charge in [0.1, 0.15) is 17.7 Å². The first kappa shape index (κ1) is 37.4. The summed E-state index contributed by atoms with van der Waals surface area (Å²) in [4.78, 5) is 74.9. The summed E-state index contributed by atoms with van der Waals surface area (Å²) in [6.07, 6.45) is 0.00503. The molecule has 3 amide bonds. The van der Waals surface area contributed by atoms with Gasteiger partial charge >= 0.3 is 5.97 Å². The number of nitrogens with zero attached hydrogens (tertiary/aromatic N) is 1. The van der Waals surface area contributed by atoms with Crippen molar-refractivity contribution >= 4 is 46.9 Å². The van der Waals surface area contributed by atoms with Gasteiger partial charge in [0, 0.05) is 38.4 Å². The molecule has 1 aromatic rings. The number of aryl methyl sites for hydroxylation is 1. The monoisotopic (exact) mass is 644 g/mol. The summed E-state index contributed by atoms with van der Waals surface area (Å²) in [6.45, 7) is 4.58. The molecule has 0 radical (unpaired) electrons. The summed E-state index contributed by atoms with van der Waals surface area (Å²) in [6, 6.07) is 5.09. The first-order chi connectivity index (χ1) is 21.6. The second kappa shape index (κ2) is 18.2. The van der Waals surface area contributed by atoms with Gasteiger partial charge in [-0.3, -0.25) is 24.0 Å². The number of ether oxygens (including phenoxy) is 1. The van der Waals surface area contributed by atoms with Gasteiger partial charge in [0.2, 0.25) is 23.5 Å². The highest BCUT2D eigenvalue weighted by Crippen LogP contribution is 2.26. The molecule has 0 aromatic heterocycles. The molecule has 1 heterocycles. The molecule has 0 fully saturated rings. The molecular formula is C31H44N6O9. The van der Waals surface area contributed by atoms with Gasteiger partial charge in [-0.1, -0.05) is 19.1 Å². The van der Waals surface area contributed by atoms with Gasteiger partial charge in [-0.25, -0.2) is 9.79 Å². The van der Waals surface area contributed by atoms with Gasteiger partial charge in [0.25, 0.3) is 0 Å². The summed E-state index contributed by atoms with van der Waals surface area (Å²) in [7, 11) is 0. The van der Waals surface area contributed by atoms with Gasteiger partial charge < -0.3 is 42.4 Å². The topological polar surface area (TPSA) is 253 Å². The molecule has 15 nitrogen and oxygen atoms in total. The number of aliphatic hydroxyl groups is 1. The lowest BCUT2D eigenvalue weighted by Gasteiger charge is -2.38. The number of carboxylic acids is 1. The van der Waals surface area contributed by atoms with E-state index in [0.717, 1.165) is 11.6 Å². The highest BCUT2D eigenvalue weighted by Gasteiger charge is 2.41. The van der Waals surface area contributed by atoms with Crippen molar-refractivity contribution in [2.45, 2.75) is 90.0 Å². The number of nitrogens with two attached hydrogens (primary N) is 2. The molecule has 15 heteroatoms. The summed E-state index contributed by atoms with van der Waals surface area (Å²) < 4.78 is 5.51. The molecule has 0 bridgehead atoms. The van der Waals surface area contributed by atoms with Crippen LogP contribution in [0.1, 0.15) is 64.9 Å². The Morgan fingerprint density at radius 1 is 1.00 bits per heavy atom. The SMILES string of the molecule is CC(=O)CC(=O)CCc1ccc(NC(=O)CCCC(=O)NCC(C)CC(O)C2OC(C(=O)O)=CC(N=C(N)N)C2NC(C)=O)cc1. The van der Waals surface area contributed by atoms with E-state index in [1.165, 1.54) is 13.8 Å². The zero-order valence-corrected chi connectivity index (χ0v) is 26.3. The largest absolute Gasteiger partial charge is 0.478 e. The van der Waals surface area contributed by atoms with Crippen LogP contribution in [-0.2, 0) is 39.9 Å². The first-order valence-electron chi connectivity index (χ1n) is 15.0. The van der Waals surface area contributed by atoms with E-state index in [2.05, 4.69) is 20.9 Å². The highest BCUT2D eigenvalue weighted by atomic mass is 16.5. The third-order valence-electron chi connectivity index (χ3n) is 7.04. The number of amides is 3. The number of anilines is 1. The quantitative estimate of drug-likeness (QED) is 0.0649. The molecule has 0 spiro atoms. The number of nitrogens with one attached hydrogen (secondary N) is 3. The number of hydrogen-bond donors (Lipinski definition) is 7. The van der Waals surface area contributed by atoms with Crippen molar-refractivity contribution in [2.24, 2.45) is 22.4 Å². The maximum atomic E-state index is 12.4. The van der Waals surface area contributed by atoms with E-state index in [9.17, 15) is 39.0 Å². The molecule has 252 valence electrons. The van der Waals surface area contributed by atoms with Gasteiger partial charge in [-0.15, -0.1) is 0 Å². The Morgan fingerprint density at radius 3 is 2.24 bits per heavy atom. The lowest BCUT2D eigenvalue weighted by atomic mass is 9.90. The minimum atomic E-state index is -1.39. The smallest absolute Gasteiger partial charge is 0.370 e. The molecule has 46 heavy (non-hydrogen) atoms. The predicted octanol–water partition coefficient (Wildman–Crippen LogP) is 0.294. The molecule has 0 saturated heterocycles. The molecule has 0 aliphatic carbocycles. The second-order valence-corrected chi connectivity index (χ2v) is 11.4. The Morgan fingerprint density at radius 2 is 1.65 bits per heavy atom. The number of benzene rings is 1. The van der Waals surface area contributed by atoms with Crippen molar-refractivity contribution in [2.75, 3.05) is 11.9 Å². The van der Waals surface area contributed by atoms with Crippen LogP contribution < -0.4 is 27.4 Å². The maximum absolute atomic E-state index is 12.4. The molecule has 1 aliphatic rings. The van der Waals surface area contributed by atoms with Gasteiger partial charge in [0.15, 0.2) is 5.96 Å². The van der Waals surface area contributed by atoms with Crippen LogP contribution in [0.25, 0.3) is 0 Å². The third-order valence-corrected chi connectivity index (χ3v) is 7.04. The number of aliphatic imine (C=N–C) groups is 1. The van der Waals surface area contributed by atoms with Crippen molar-refractivity contribution < 1.29 is 43.7 Å². The maximum Gasteiger partial charge on any atom is 0.370 e.